The van der Waals surface area contributed by atoms with E-state index in [0.29, 0.717) is 10.6 Å². The van der Waals surface area contributed by atoms with Gasteiger partial charge < -0.3 is 15.2 Å². The molecule has 0 saturated carbocycles. The molecule has 20 heavy (non-hydrogen) atoms. The highest BCUT2D eigenvalue weighted by molar-refractivity contribution is 6.31. The Morgan fingerprint density at radius 2 is 2.15 bits per heavy atom. The molecule has 0 spiro atoms. The third kappa shape index (κ3) is 5.96. The van der Waals surface area contributed by atoms with Crippen LogP contribution in [0.2, 0.25) is 5.02 Å². The van der Waals surface area contributed by atoms with Crippen molar-refractivity contribution in [1.82, 2.24) is 5.32 Å². The molecule has 1 aromatic carbocycles. The highest BCUT2D eigenvalue weighted by atomic mass is 35.5. The van der Waals surface area contributed by atoms with Crippen LogP contribution < -0.4 is 5.32 Å². The molecular formula is C15H18ClNO3. The zero-order valence-corrected chi connectivity index (χ0v) is 12.5. The summed E-state index contributed by atoms with van der Waals surface area (Å²) in [7, 11) is 0. The van der Waals surface area contributed by atoms with Crippen LogP contribution in [0.3, 0.4) is 0 Å². The number of carbonyl (C=O) groups excluding carboxylic acids is 1. The van der Waals surface area contributed by atoms with Crippen LogP contribution in [0.1, 0.15) is 31.9 Å². The van der Waals surface area contributed by atoms with Gasteiger partial charge in [0.25, 0.3) is 0 Å². The number of ether oxygens (including phenoxy) is 1. The lowest BCUT2D eigenvalue weighted by molar-refractivity contribution is 0.0535. The number of amides is 1. The number of rotatable bonds is 2. The highest BCUT2D eigenvalue weighted by Crippen LogP contribution is 2.16. The van der Waals surface area contributed by atoms with Gasteiger partial charge in [0, 0.05) is 5.56 Å². The molecular weight excluding hydrogens is 278 g/mol. The summed E-state index contributed by atoms with van der Waals surface area (Å²) in [4.78, 5) is 11.4. The Morgan fingerprint density at radius 1 is 1.45 bits per heavy atom. The van der Waals surface area contributed by atoms with Gasteiger partial charge in [-0.05, 0) is 38.5 Å². The van der Waals surface area contributed by atoms with Crippen LogP contribution in [0, 0.1) is 11.8 Å². The van der Waals surface area contributed by atoms with E-state index in [1.54, 1.807) is 39.0 Å². The van der Waals surface area contributed by atoms with Crippen LogP contribution in [0.25, 0.3) is 0 Å². The lowest BCUT2D eigenvalue weighted by Crippen LogP contribution is -2.32. The van der Waals surface area contributed by atoms with Gasteiger partial charge in [0.2, 0.25) is 0 Å². The van der Waals surface area contributed by atoms with Crippen LogP contribution in [-0.2, 0) is 11.3 Å². The first-order valence-electron chi connectivity index (χ1n) is 6.17. The van der Waals surface area contributed by atoms with E-state index in [2.05, 4.69) is 17.2 Å². The van der Waals surface area contributed by atoms with Crippen molar-refractivity contribution in [3.05, 3.63) is 34.3 Å². The van der Waals surface area contributed by atoms with E-state index >= 15 is 0 Å². The van der Waals surface area contributed by atoms with E-state index in [4.69, 9.17) is 21.4 Å². The van der Waals surface area contributed by atoms with Gasteiger partial charge in [-0.15, -0.1) is 0 Å². The maximum absolute atomic E-state index is 11.4. The van der Waals surface area contributed by atoms with Gasteiger partial charge in [-0.3, -0.25) is 0 Å². The second kappa shape index (κ2) is 7.18. The van der Waals surface area contributed by atoms with Crippen molar-refractivity contribution in [3.8, 4) is 11.8 Å². The monoisotopic (exact) mass is 295 g/mol. The number of nitrogens with one attached hydrogen (secondary N) is 1. The van der Waals surface area contributed by atoms with E-state index < -0.39 is 11.7 Å². The SMILES string of the molecule is CC(C)(C)OC(=O)NCC#Cc1cc(CO)ccc1Cl. The number of benzene rings is 1. The fraction of sp³-hybridized carbons (Fsp3) is 0.400. The molecule has 0 atom stereocenters. The molecule has 5 heteroatoms. The second-order valence-electron chi connectivity index (χ2n) is 5.13. The molecule has 108 valence electrons. The Balaban J connectivity index is 2.57. The molecule has 0 aliphatic carbocycles. The Kier molecular flexibility index (Phi) is 5.87. The summed E-state index contributed by atoms with van der Waals surface area (Å²) in [6.45, 7) is 5.46. The zero-order valence-electron chi connectivity index (χ0n) is 11.8. The second-order valence-corrected chi connectivity index (χ2v) is 5.54. The Bertz CT molecular complexity index is 538. The van der Waals surface area contributed by atoms with Gasteiger partial charge in [0.1, 0.15) is 5.60 Å². The van der Waals surface area contributed by atoms with E-state index in [0.717, 1.165) is 5.56 Å². The summed E-state index contributed by atoms with van der Waals surface area (Å²) in [5.74, 6) is 5.62. The topological polar surface area (TPSA) is 58.6 Å². The van der Waals surface area contributed by atoms with Crippen molar-refractivity contribution in [2.45, 2.75) is 33.0 Å². The third-order valence-electron chi connectivity index (χ3n) is 2.16. The molecule has 0 radical (unpaired) electrons. The summed E-state index contributed by atoms with van der Waals surface area (Å²) >= 11 is 5.99. The van der Waals surface area contributed by atoms with Crippen LogP contribution in [0.15, 0.2) is 18.2 Å². The molecule has 0 aliphatic rings. The molecule has 2 N–H and O–H groups in total. The highest BCUT2D eigenvalue weighted by Gasteiger charge is 2.14. The molecule has 1 rings (SSSR count). The summed E-state index contributed by atoms with van der Waals surface area (Å²) in [5, 5.41) is 12.1. The van der Waals surface area contributed by atoms with Crippen LogP contribution in [0.5, 0.6) is 0 Å². The summed E-state index contributed by atoms with van der Waals surface area (Å²) in [6, 6.07) is 5.12. The number of carbonyl (C=O) groups is 1. The minimum atomic E-state index is -0.531. The lowest BCUT2D eigenvalue weighted by Gasteiger charge is -2.19. The quantitative estimate of drug-likeness (QED) is 0.825. The number of aliphatic hydroxyl groups is 1. The average molecular weight is 296 g/mol. The number of hydrogen-bond acceptors (Lipinski definition) is 3. The first-order chi connectivity index (χ1) is 9.31. The number of hydrogen-bond donors (Lipinski definition) is 2. The van der Waals surface area contributed by atoms with E-state index in [9.17, 15) is 4.79 Å². The van der Waals surface area contributed by atoms with Crippen molar-refractivity contribution in [3.63, 3.8) is 0 Å². The maximum Gasteiger partial charge on any atom is 0.408 e. The van der Waals surface area contributed by atoms with Gasteiger partial charge in [-0.25, -0.2) is 4.79 Å². The molecule has 0 fully saturated rings. The average Bonchev–Trinajstić information content (AvgIpc) is 2.34. The minimum Gasteiger partial charge on any atom is -0.444 e. The predicted molar refractivity (Wildman–Crippen MR) is 78.5 cm³/mol. The number of aliphatic hydroxyl groups excluding tert-OH is 1. The zero-order chi connectivity index (χ0) is 15.2. The largest absolute Gasteiger partial charge is 0.444 e. The number of alkyl carbamates (subject to hydrolysis) is 1. The van der Waals surface area contributed by atoms with Gasteiger partial charge >= 0.3 is 6.09 Å². The van der Waals surface area contributed by atoms with Crippen LogP contribution in [-0.4, -0.2) is 23.3 Å². The van der Waals surface area contributed by atoms with Crippen molar-refractivity contribution in [1.29, 1.82) is 0 Å². The normalized spacial score (nSPS) is 10.4. The molecule has 0 saturated heterocycles. The van der Waals surface area contributed by atoms with Gasteiger partial charge in [0.05, 0.1) is 18.2 Å². The van der Waals surface area contributed by atoms with Crippen LogP contribution >= 0.6 is 11.6 Å². The smallest absolute Gasteiger partial charge is 0.408 e. The first kappa shape index (κ1) is 16.4. The Hall–Kier alpha value is -1.70. The molecule has 1 amide bonds. The molecule has 1 aromatic rings. The van der Waals surface area contributed by atoms with E-state index in [1.165, 1.54) is 0 Å². The van der Waals surface area contributed by atoms with Gasteiger partial charge in [-0.1, -0.05) is 29.5 Å². The first-order valence-corrected chi connectivity index (χ1v) is 6.54. The summed E-state index contributed by atoms with van der Waals surface area (Å²) in [6.07, 6.45) is -0.512. The standard InChI is InChI=1S/C15H18ClNO3/c1-15(2,3)20-14(19)17-8-4-5-12-9-11(10-18)6-7-13(12)16/h6-7,9,18H,8,10H2,1-3H3,(H,17,19). The molecule has 0 heterocycles. The van der Waals surface area contributed by atoms with Crippen molar-refractivity contribution in [2.75, 3.05) is 6.54 Å². The van der Waals surface area contributed by atoms with E-state index in [-0.39, 0.29) is 13.2 Å². The van der Waals surface area contributed by atoms with Crippen molar-refractivity contribution < 1.29 is 14.6 Å². The van der Waals surface area contributed by atoms with Gasteiger partial charge in [0.15, 0.2) is 0 Å². The maximum atomic E-state index is 11.4. The molecule has 0 unspecified atom stereocenters. The fourth-order valence-corrected chi connectivity index (χ4v) is 1.50. The molecule has 0 bridgehead atoms. The lowest BCUT2D eigenvalue weighted by atomic mass is 10.1. The third-order valence-corrected chi connectivity index (χ3v) is 2.49. The molecule has 4 nitrogen and oxygen atoms in total. The van der Waals surface area contributed by atoms with Crippen molar-refractivity contribution in [2.24, 2.45) is 0 Å². The summed E-state index contributed by atoms with van der Waals surface area (Å²) in [5.41, 5.74) is 0.819. The van der Waals surface area contributed by atoms with Crippen LogP contribution in [0.4, 0.5) is 4.79 Å². The fourth-order valence-electron chi connectivity index (χ4n) is 1.34. The van der Waals surface area contributed by atoms with Gasteiger partial charge in [-0.2, -0.15) is 0 Å². The Labute approximate surface area is 124 Å². The Morgan fingerprint density at radius 3 is 2.75 bits per heavy atom. The number of halogens is 1. The van der Waals surface area contributed by atoms with Crippen molar-refractivity contribution >= 4 is 17.7 Å². The van der Waals surface area contributed by atoms with E-state index in [1.807, 2.05) is 0 Å². The predicted octanol–water partition coefficient (Wildman–Crippen LogP) is 2.71. The minimum absolute atomic E-state index is 0.0675. The summed E-state index contributed by atoms with van der Waals surface area (Å²) < 4.78 is 5.07. The molecule has 0 aromatic heterocycles. The molecule has 0 aliphatic heterocycles.